The lowest BCUT2D eigenvalue weighted by Crippen LogP contribution is -2.18. The summed E-state index contributed by atoms with van der Waals surface area (Å²) >= 11 is 0. The molecule has 0 aliphatic heterocycles. The minimum atomic E-state index is -4.22. The topological polar surface area (TPSA) is 164 Å². The standard InChI is InChI=1S/C35H36N6O7S/c1-35(2,3)23-11-17-26(18-12-23)49(43,44)41-31-30(48-28-10-7-6-9-27(28)46-5)34(40-33(39-31)32-36-20-8-21-37-32)47-22-19-29(42)38-24-13-15-25(45-4)16-14-24/h6-18,20-21H,19,22H2,1-5H3,(H,38,42)(H,39,40,41). The lowest BCUT2D eigenvalue weighted by molar-refractivity contribution is -0.116. The molecule has 0 atom stereocenters. The molecular weight excluding hydrogens is 648 g/mol. The quantitative estimate of drug-likeness (QED) is 0.144. The van der Waals surface area contributed by atoms with Gasteiger partial charge >= 0.3 is 0 Å². The SMILES string of the molecule is COc1ccc(NC(=O)CCOc2nc(-c3ncccn3)nc(NS(=O)(=O)c3ccc(C(C)(C)C)cc3)c2Oc2ccccc2OC)cc1. The van der Waals surface area contributed by atoms with Crippen molar-refractivity contribution in [2.45, 2.75) is 37.5 Å². The first-order valence-corrected chi connectivity index (χ1v) is 16.7. The summed E-state index contributed by atoms with van der Waals surface area (Å²) in [5, 5.41) is 2.79. The summed E-state index contributed by atoms with van der Waals surface area (Å²) in [4.78, 5) is 30.2. The average molecular weight is 685 g/mol. The largest absolute Gasteiger partial charge is 0.497 e. The zero-order valence-electron chi connectivity index (χ0n) is 27.6. The molecule has 5 aromatic rings. The van der Waals surface area contributed by atoms with Gasteiger partial charge < -0.3 is 24.3 Å². The number of anilines is 2. The highest BCUT2D eigenvalue weighted by atomic mass is 32.2. The number of hydrogen-bond donors (Lipinski definition) is 2. The zero-order chi connectivity index (χ0) is 35.0. The van der Waals surface area contributed by atoms with E-state index in [4.69, 9.17) is 18.9 Å². The Kier molecular flexibility index (Phi) is 10.6. The van der Waals surface area contributed by atoms with E-state index in [0.717, 1.165) is 5.56 Å². The van der Waals surface area contributed by atoms with Gasteiger partial charge in [-0.25, -0.2) is 23.4 Å². The first-order chi connectivity index (χ1) is 23.5. The molecule has 2 aromatic heterocycles. The van der Waals surface area contributed by atoms with Crippen LogP contribution >= 0.6 is 0 Å². The van der Waals surface area contributed by atoms with Crippen LogP contribution in [0.5, 0.6) is 28.9 Å². The molecule has 2 N–H and O–H groups in total. The molecule has 0 unspecified atom stereocenters. The Hall–Kier alpha value is -5.76. The fourth-order valence-corrected chi connectivity index (χ4v) is 5.48. The van der Waals surface area contributed by atoms with E-state index in [0.29, 0.717) is 17.2 Å². The molecular formula is C35H36N6O7S. The van der Waals surface area contributed by atoms with Crippen molar-refractivity contribution in [2.24, 2.45) is 0 Å². The summed E-state index contributed by atoms with van der Waals surface area (Å²) in [5.74, 6) is 0.368. The van der Waals surface area contributed by atoms with E-state index in [-0.39, 0.29) is 64.1 Å². The van der Waals surface area contributed by atoms with Gasteiger partial charge in [-0.05, 0) is 65.6 Å². The third kappa shape index (κ3) is 8.78. The highest BCUT2D eigenvalue weighted by Gasteiger charge is 2.26. The Morgan fingerprint density at radius 1 is 0.796 bits per heavy atom. The van der Waals surface area contributed by atoms with E-state index in [1.165, 1.54) is 31.6 Å². The van der Waals surface area contributed by atoms with Crippen molar-refractivity contribution < 1.29 is 32.2 Å². The number of benzene rings is 3. The molecule has 14 heteroatoms. The number of amides is 1. The van der Waals surface area contributed by atoms with E-state index in [2.05, 4.69) is 30.0 Å². The van der Waals surface area contributed by atoms with Gasteiger partial charge in [0.2, 0.25) is 17.5 Å². The van der Waals surface area contributed by atoms with Crippen LogP contribution in [-0.2, 0) is 20.2 Å². The third-order valence-electron chi connectivity index (χ3n) is 7.08. The fraction of sp³-hybridized carbons (Fsp3) is 0.229. The molecule has 0 saturated heterocycles. The number of hydrogen-bond acceptors (Lipinski definition) is 11. The number of carbonyl (C=O) groups is 1. The Balaban J connectivity index is 1.52. The summed E-state index contributed by atoms with van der Waals surface area (Å²) in [6, 6.07) is 21.8. The molecule has 0 bridgehead atoms. The highest BCUT2D eigenvalue weighted by Crippen LogP contribution is 2.41. The molecule has 49 heavy (non-hydrogen) atoms. The van der Waals surface area contributed by atoms with Crippen molar-refractivity contribution in [3.8, 4) is 40.5 Å². The number of nitrogens with one attached hydrogen (secondary N) is 2. The number of aromatic nitrogens is 4. The zero-order valence-corrected chi connectivity index (χ0v) is 28.4. The second-order valence-corrected chi connectivity index (χ2v) is 13.3. The molecule has 2 heterocycles. The maximum Gasteiger partial charge on any atom is 0.263 e. The number of nitrogens with zero attached hydrogens (tertiary/aromatic N) is 4. The van der Waals surface area contributed by atoms with E-state index < -0.39 is 10.0 Å². The van der Waals surface area contributed by atoms with Gasteiger partial charge in [-0.3, -0.25) is 9.52 Å². The normalized spacial score (nSPS) is 11.4. The lowest BCUT2D eigenvalue weighted by Gasteiger charge is -2.20. The predicted octanol–water partition coefficient (Wildman–Crippen LogP) is 6.25. The van der Waals surface area contributed by atoms with Gasteiger partial charge in [-0.2, -0.15) is 4.98 Å². The van der Waals surface area contributed by atoms with Gasteiger partial charge in [0, 0.05) is 18.1 Å². The van der Waals surface area contributed by atoms with Crippen LogP contribution in [0.4, 0.5) is 11.5 Å². The summed E-state index contributed by atoms with van der Waals surface area (Å²) < 4.78 is 53.0. The van der Waals surface area contributed by atoms with Gasteiger partial charge in [0.15, 0.2) is 23.1 Å². The van der Waals surface area contributed by atoms with Crippen molar-refractivity contribution in [1.29, 1.82) is 0 Å². The smallest absolute Gasteiger partial charge is 0.263 e. The van der Waals surface area contributed by atoms with Crippen molar-refractivity contribution in [1.82, 2.24) is 19.9 Å². The second-order valence-electron chi connectivity index (χ2n) is 11.6. The molecule has 0 aliphatic carbocycles. The molecule has 3 aromatic carbocycles. The molecule has 0 fully saturated rings. The summed E-state index contributed by atoms with van der Waals surface area (Å²) in [7, 11) is -1.19. The second kappa shape index (κ2) is 15.0. The number of methoxy groups -OCH3 is 2. The van der Waals surface area contributed by atoms with E-state index in [1.807, 2.05) is 20.8 Å². The van der Waals surface area contributed by atoms with Crippen molar-refractivity contribution in [2.75, 3.05) is 30.9 Å². The average Bonchev–Trinajstić information content (AvgIpc) is 3.10. The molecule has 5 rings (SSSR count). The Bertz CT molecular complexity index is 2000. The van der Waals surface area contributed by atoms with E-state index in [9.17, 15) is 13.2 Å². The van der Waals surface area contributed by atoms with E-state index in [1.54, 1.807) is 73.8 Å². The van der Waals surface area contributed by atoms with Crippen molar-refractivity contribution in [3.05, 3.63) is 96.8 Å². The van der Waals surface area contributed by atoms with Gasteiger partial charge in [-0.1, -0.05) is 45.0 Å². The first kappa shape index (κ1) is 34.6. The maximum absolute atomic E-state index is 13.8. The van der Waals surface area contributed by atoms with Crippen molar-refractivity contribution >= 4 is 27.4 Å². The van der Waals surface area contributed by atoms with E-state index >= 15 is 0 Å². The predicted molar refractivity (Wildman–Crippen MR) is 184 cm³/mol. The summed E-state index contributed by atoms with van der Waals surface area (Å²) in [6.45, 7) is 5.95. The highest BCUT2D eigenvalue weighted by molar-refractivity contribution is 7.92. The number of para-hydroxylation sites is 2. The van der Waals surface area contributed by atoms with Crippen molar-refractivity contribution in [3.63, 3.8) is 0 Å². The minimum Gasteiger partial charge on any atom is -0.497 e. The summed E-state index contributed by atoms with van der Waals surface area (Å²) in [6.07, 6.45) is 2.91. The van der Waals surface area contributed by atoms with Crippen LogP contribution < -0.4 is 29.0 Å². The van der Waals surface area contributed by atoms with Crippen LogP contribution in [0, 0.1) is 0 Å². The Morgan fingerprint density at radius 2 is 1.47 bits per heavy atom. The number of sulfonamides is 1. The van der Waals surface area contributed by atoms with Gasteiger partial charge in [0.05, 0.1) is 32.1 Å². The number of ether oxygens (including phenoxy) is 4. The molecule has 0 aliphatic rings. The monoisotopic (exact) mass is 684 g/mol. The number of rotatable bonds is 13. The molecule has 0 spiro atoms. The Morgan fingerprint density at radius 3 is 2.10 bits per heavy atom. The van der Waals surface area contributed by atoms with Crippen LogP contribution in [0.2, 0.25) is 0 Å². The van der Waals surface area contributed by atoms with Crippen LogP contribution in [-0.4, -0.2) is 55.1 Å². The fourth-order valence-electron chi connectivity index (χ4n) is 4.48. The molecule has 1 amide bonds. The van der Waals surface area contributed by atoms with Crippen LogP contribution in [0.25, 0.3) is 11.6 Å². The van der Waals surface area contributed by atoms with Crippen LogP contribution in [0.15, 0.2) is 96.2 Å². The molecule has 0 radical (unpaired) electrons. The van der Waals surface area contributed by atoms with Crippen LogP contribution in [0.3, 0.4) is 0 Å². The molecule has 13 nitrogen and oxygen atoms in total. The lowest BCUT2D eigenvalue weighted by atomic mass is 9.87. The summed E-state index contributed by atoms with van der Waals surface area (Å²) in [5.41, 5.74) is 1.35. The molecule has 0 saturated carbocycles. The van der Waals surface area contributed by atoms with Gasteiger partial charge in [0.25, 0.3) is 15.9 Å². The van der Waals surface area contributed by atoms with Gasteiger partial charge in [0.1, 0.15) is 5.75 Å². The maximum atomic E-state index is 13.8. The first-order valence-electron chi connectivity index (χ1n) is 15.2. The molecule has 254 valence electrons. The number of carbonyl (C=O) groups excluding carboxylic acids is 1. The Labute approximate surface area is 284 Å². The van der Waals surface area contributed by atoms with Crippen LogP contribution in [0.1, 0.15) is 32.8 Å². The third-order valence-corrected chi connectivity index (χ3v) is 8.44. The van der Waals surface area contributed by atoms with Gasteiger partial charge in [-0.15, -0.1) is 0 Å². The minimum absolute atomic E-state index is 0.00228.